The van der Waals surface area contributed by atoms with E-state index in [9.17, 15) is 8.42 Å². The van der Waals surface area contributed by atoms with Gasteiger partial charge in [0.15, 0.2) is 0 Å². The Morgan fingerprint density at radius 3 is 2.62 bits per heavy atom. The number of sulfonamides is 1. The van der Waals surface area contributed by atoms with Crippen LogP contribution in [0.1, 0.15) is 25.8 Å². The van der Waals surface area contributed by atoms with Crippen molar-refractivity contribution in [2.45, 2.75) is 31.7 Å². The van der Waals surface area contributed by atoms with E-state index in [0.717, 1.165) is 18.5 Å². The van der Waals surface area contributed by atoms with Gasteiger partial charge in [0.1, 0.15) is 0 Å². The fourth-order valence-corrected chi connectivity index (χ4v) is 4.33. The number of benzene rings is 1. The molecule has 0 aromatic heterocycles. The van der Waals surface area contributed by atoms with E-state index < -0.39 is 10.0 Å². The zero-order chi connectivity index (χ0) is 15.9. The summed E-state index contributed by atoms with van der Waals surface area (Å²) in [6.07, 6.45) is 6.29. The Hall–Kier alpha value is -0.870. The molecule has 0 radical (unpaired) electrons. The van der Waals surface area contributed by atoms with Crippen LogP contribution in [-0.2, 0) is 16.6 Å². The van der Waals surface area contributed by atoms with Gasteiger partial charge in [-0.05, 0) is 46.6 Å². The van der Waals surface area contributed by atoms with E-state index in [1.807, 2.05) is 12.1 Å². The number of halogens is 1. The van der Waals surface area contributed by atoms with Crippen LogP contribution in [0, 0.1) is 12.3 Å². The minimum absolute atomic E-state index is 0.0745. The zero-order valence-corrected chi connectivity index (χ0v) is 14.8. The van der Waals surface area contributed by atoms with Gasteiger partial charge in [0.25, 0.3) is 0 Å². The molecule has 0 spiro atoms. The van der Waals surface area contributed by atoms with Gasteiger partial charge in [-0.1, -0.05) is 25.8 Å². The van der Waals surface area contributed by atoms with Crippen LogP contribution in [-0.4, -0.2) is 32.4 Å². The molecule has 0 saturated heterocycles. The van der Waals surface area contributed by atoms with Crippen molar-refractivity contribution in [1.29, 1.82) is 0 Å². The third kappa shape index (κ3) is 4.82. The first-order chi connectivity index (χ1) is 9.97. The SMILES string of the molecule is C#CCN(CC)S(=O)(=O)c1ccc(CNCCC)cc1Br. The van der Waals surface area contributed by atoms with Crippen LogP contribution in [0.4, 0.5) is 0 Å². The van der Waals surface area contributed by atoms with Crippen molar-refractivity contribution in [2.75, 3.05) is 19.6 Å². The first-order valence-corrected chi connectivity index (χ1v) is 9.13. The highest BCUT2D eigenvalue weighted by Gasteiger charge is 2.24. The molecule has 0 amide bonds. The lowest BCUT2D eigenvalue weighted by molar-refractivity contribution is 0.463. The van der Waals surface area contributed by atoms with E-state index in [2.05, 4.69) is 34.1 Å². The molecule has 4 nitrogen and oxygen atoms in total. The topological polar surface area (TPSA) is 49.4 Å². The molecule has 0 aliphatic heterocycles. The minimum atomic E-state index is -3.56. The molecule has 1 aromatic carbocycles. The first kappa shape index (κ1) is 18.2. The Morgan fingerprint density at radius 2 is 2.10 bits per heavy atom. The van der Waals surface area contributed by atoms with Gasteiger partial charge in [0, 0.05) is 17.6 Å². The molecular weight excluding hydrogens is 352 g/mol. The van der Waals surface area contributed by atoms with Crippen molar-refractivity contribution in [3.05, 3.63) is 28.2 Å². The summed E-state index contributed by atoms with van der Waals surface area (Å²) in [4.78, 5) is 0.249. The molecule has 6 heteroatoms. The summed E-state index contributed by atoms with van der Waals surface area (Å²) < 4.78 is 26.9. The van der Waals surface area contributed by atoms with Crippen LogP contribution in [0.25, 0.3) is 0 Å². The standard InChI is InChI=1S/C15H21BrN2O2S/c1-4-9-17-12-13-7-8-15(14(16)11-13)21(19,20)18(6-3)10-5-2/h2,7-8,11,17H,4,6,9-10,12H2,1,3H3. The van der Waals surface area contributed by atoms with Crippen molar-refractivity contribution in [1.82, 2.24) is 9.62 Å². The third-order valence-electron chi connectivity index (χ3n) is 2.99. The predicted octanol–water partition coefficient (Wildman–Crippen LogP) is 2.59. The van der Waals surface area contributed by atoms with E-state index in [0.29, 0.717) is 17.6 Å². The number of nitrogens with zero attached hydrogens (tertiary/aromatic N) is 1. The smallest absolute Gasteiger partial charge is 0.245 e. The number of nitrogens with one attached hydrogen (secondary N) is 1. The third-order valence-corrected chi connectivity index (χ3v) is 5.89. The summed E-state index contributed by atoms with van der Waals surface area (Å²) in [7, 11) is -3.56. The molecular formula is C15H21BrN2O2S. The normalized spacial score (nSPS) is 11.6. The molecule has 0 aliphatic carbocycles. The maximum Gasteiger partial charge on any atom is 0.245 e. The fraction of sp³-hybridized carbons (Fsp3) is 0.467. The van der Waals surface area contributed by atoms with Crippen LogP contribution in [0.2, 0.25) is 0 Å². The van der Waals surface area contributed by atoms with Crippen molar-refractivity contribution in [3.8, 4) is 12.3 Å². The van der Waals surface area contributed by atoms with Gasteiger partial charge in [-0.15, -0.1) is 6.42 Å². The van der Waals surface area contributed by atoms with Crippen LogP contribution >= 0.6 is 15.9 Å². The van der Waals surface area contributed by atoms with Gasteiger partial charge in [-0.25, -0.2) is 8.42 Å². The highest BCUT2D eigenvalue weighted by Crippen LogP contribution is 2.26. The summed E-state index contributed by atoms with van der Waals surface area (Å²) in [6, 6.07) is 5.28. The average molecular weight is 373 g/mol. The zero-order valence-electron chi connectivity index (χ0n) is 12.4. The van der Waals surface area contributed by atoms with Gasteiger partial charge < -0.3 is 5.32 Å². The molecule has 0 unspecified atom stereocenters. The summed E-state index contributed by atoms with van der Waals surface area (Å²) in [6.45, 7) is 5.94. The molecule has 0 fully saturated rings. The molecule has 21 heavy (non-hydrogen) atoms. The number of hydrogen-bond donors (Lipinski definition) is 1. The van der Waals surface area contributed by atoms with Gasteiger partial charge in [0.05, 0.1) is 11.4 Å². The lowest BCUT2D eigenvalue weighted by Crippen LogP contribution is -2.31. The number of hydrogen-bond acceptors (Lipinski definition) is 3. The maximum absolute atomic E-state index is 12.5. The maximum atomic E-state index is 12.5. The summed E-state index contributed by atoms with van der Waals surface area (Å²) in [5, 5.41) is 3.28. The second kappa shape index (κ2) is 8.54. The second-order valence-electron chi connectivity index (χ2n) is 4.58. The molecule has 0 aliphatic rings. The van der Waals surface area contributed by atoms with E-state index in [-0.39, 0.29) is 11.4 Å². The highest BCUT2D eigenvalue weighted by molar-refractivity contribution is 9.10. The van der Waals surface area contributed by atoms with Crippen molar-refractivity contribution in [2.24, 2.45) is 0 Å². The van der Waals surface area contributed by atoms with Crippen LogP contribution in [0.3, 0.4) is 0 Å². The van der Waals surface area contributed by atoms with Crippen molar-refractivity contribution < 1.29 is 8.42 Å². The fourth-order valence-electron chi connectivity index (χ4n) is 1.88. The molecule has 1 N–H and O–H groups in total. The largest absolute Gasteiger partial charge is 0.313 e. The molecule has 0 heterocycles. The molecule has 0 bridgehead atoms. The Bertz CT molecular complexity index is 609. The van der Waals surface area contributed by atoms with E-state index in [1.165, 1.54) is 4.31 Å². The van der Waals surface area contributed by atoms with Crippen molar-refractivity contribution in [3.63, 3.8) is 0 Å². The summed E-state index contributed by atoms with van der Waals surface area (Å²) >= 11 is 3.36. The molecule has 1 rings (SSSR count). The molecule has 0 saturated carbocycles. The molecule has 1 aromatic rings. The van der Waals surface area contributed by atoms with E-state index in [1.54, 1.807) is 13.0 Å². The molecule has 116 valence electrons. The van der Waals surface area contributed by atoms with Gasteiger partial charge in [0.2, 0.25) is 10.0 Å². The number of rotatable bonds is 8. The van der Waals surface area contributed by atoms with Crippen LogP contribution in [0.15, 0.2) is 27.6 Å². The van der Waals surface area contributed by atoms with Crippen LogP contribution in [0.5, 0.6) is 0 Å². The van der Waals surface area contributed by atoms with Crippen LogP contribution < -0.4 is 5.32 Å². The lowest BCUT2D eigenvalue weighted by Gasteiger charge is -2.19. The summed E-state index contributed by atoms with van der Waals surface area (Å²) in [5.74, 6) is 2.38. The highest BCUT2D eigenvalue weighted by atomic mass is 79.9. The summed E-state index contributed by atoms with van der Waals surface area (Å²) in [5.41, 5.74) is 1.04. The second-order valence-corrected chi connectivity index (χ2v) is 7.34. The average Bonchev–Trinajstić information content (AvgIpc) is 2.44. The first-order valence-electron chi connectivity index (χ1n) is 6.90. The van der Waals surface area contributed by atoms with Gasteiger partial charge in [-0.2, -0.15) is 4.31 Å². The quantitative estimate of drug-likeness (QED) is 0.563. The van der Waals surface area contributed by atoms with Crippen molar-refractivity contribution >= 4 is 26.0 Å². The van der Waals surface area contributed by atoms with E-state index >= 15 is 0 Å². The van der Waals surface area contributed by atoms with Gasteiger partial charge in [-0.3, -0.25) is 0 Å². The molecule has 0 atom stereocenters. The number of terminal acetylenes is 1. The predicted molar refractivity (Wildman–Crippen MR) is 89.4 cm³/mol. The monoisotopic (exact) mass is 372 g/mol. The Balaban J connectivity index is 3.01. The Labute approximate surface area is 136 Å². The van der Waals surface area contributed by atoms with E-state index in [4.69, 9.17) is 6.42 Å². The lowest BCUT2D eigenvalue weighted by atomic mass is 10.2. The Kier molecular flexibility index (Phi) is 7.40. The Morgan fingerprint density at radius 1 is 1.38 bits per heavy atom. The minimum Gasteiger partial charge on any atom is -0.313 e. The van der Waals surface area contributed by atoms with Gasteiger partial charge >= 0.3 is 0 Å².